The van der Waals surface area contributed by atoms with Gasteiger partial charge in [-0.2, -0.15) is 0 Å². The van der Waals surface area contributed by atoms with Gasteiger partial charge in [-0.3, -0.25) is 9.36 Å². The summed E-state index contributed by atoms with van der Waals surface area (Å²) in [4.78, 5) is 30.3. The third kappa shape index (κ3) is 4.01. The SMILES string of the molecule is COc1ccc(OC)c(Sc2nc3c([nH]2)c(N)nc[n+]3CCn2cnc3ccccc3c2=O)c1. The van der Waals surface area contributed by atoms with E-state index in [0.717, 1.165) is 4.90 Å². The van der Waals surface area contributed by atoms with E-state index in [1.54, 1.807) is 37.5 Å². The predicted octanol–water partition coefficient (Wildman–Crippen LogP) is 2.41. The third-order valence-corrected chi connectivity index (χ3v) is 6.34. The smallest absolute Gasteiger partial charge is 0.294 e. The molecule has 34 heavy (non-hydrogen) atoms. The van der Waals surface area contributed by atoms with Crippen LogP contribution in [0.15, 0.2) is 70.0 Å². The number of aryl methyl sites for hydroxylation is 2. The summed E-state index contributed by atoms with van der Waals surface area (Å²) in [6.07, 6.45) is 3.19. The van der Waals surface area contributed by atoms with Crippen molar-refractivity contribution >= 4 is 39.6 Å². The van der Waals surface area contributed by atoms with Gasteiger partial charge in [0, 0.05) is 0 Å². The number of hydrogen-bond acceptors (Lipinski definition) is 8. The number of nitrogen functional groups attached to an aromatic ring is 1. The van der Waals surface area contributed by atoms with Crippen LogP contribution in [-0.4, -0.2) is 38.7 Å². The predicted molar refractivity (Wildman–Crippen MR) is 128 cm³/mol. The molecule has 0 saturated carbocycles. The van der Waals surface area contributed by atoms with Gasteiger partial charge >= 0.3 is 0 Å². The van der Waals surface area contributed by atoms with Crippen LogP contribution in [0.4, 0.5) is 5.82 Å². The average molecular weight is 477 g/mol. The van der Waals surface area contributed by atoms with Crippen LogP contribution in [0.3, 0.4) is 0 Å². The lowest BCUT2D eigenvalue weighted by atomic mass is 10.2. The molecule has 0 aliphatic carbocycles. The molecule has 0 bridgehead atoms. The Morgan fingerprint density at radius 1 is 1.15 bits per heavy atom. The molecule has 0 spiro atoms. The number of methoxy groups -OCH3 is 2. The number of ether oxygens (including phenoxy) is 2. The zero-order chi connectivity index (χ0) is 23.7. The van der Waals surface area contributed by atoms with Gasteiger partial charge in [-0.25, -0.2) is 9.55 Å². The third-order valence-electron chi connectivity index (χ3n) is 5.42. The van der Waals surface area contributed by atoms with Crippen LogP contribution in [0.2, 0.25) is 0 Å². The number of nitrogens with zero attached hydrogens (tertiary/aromatic N) is 5. The number of H-pyrrole nitrogens is 1. The van der Waals surface area contributed by atoms with Gasteiger partial charge in [0.05, 0.1) is 49.4 Å². The summed E-state index contributed by atoms with van der Waals surface area (Å²) >= 11 is 1.40. The van der Waals surface area contributed by atoms with E-state index < -0.39 is 0 Å². The van der Waals surface area contributed by atoms with Crippen LogP contribution in [0, 0.1) is 0 Å². The molecule has 2 aromatic carbocycles. The Balaban J connectivity index is 1.45. The zero-order valence-electron chi connectivity index (χ0n) is 18.6. The van der Waals surface area contributed by atoms with Gasteiger partial charge in [-0.05, 0) is 42.1 Å². The van der Waals surface area contributed by atoms with Crippen LogP contribution >= 0.6 is 11.8 Å². The number of fused-ring (bicyclic) bond motifs is 2. The number of nitrogens with one attached hydrogen (secondary N) is 1. The second kappa shape index (κ2) is 9.02. The van der Waals surface area contributed by atoms with Crippen LogP contribution in [-0.2, 0) is 13.1 Å². The lowest BCUT2D eigenvalue weighted by molar-refractivity contribution is -0.677. The average Bonchev–Trinajstić information content (AvgIpc) is 3.29. The molecule has 172 valence electrons. The van der Waals surface area contributed by atoms with Crippen LogP contribution in [0.5, 0.6) is 11.5 Å². The quantitative estimate of drug-likeness (QED) is 0.343. The molecule has 0 atom stereocenters. The van der Waals surface area contributed by atoms with Crippen molar-refractivity contribution in [3.05, 3.63) is 65.5 Å². The van der Waals surface area contributed by atoms with E-state index in [0.29, 0.717) is 57.6 Å². The lowest BCUT2D eigenvalue weighted by Gasteiger charge is -2.07. The molecule has 5 rings (SSSR count). The minimum atomic E-state index is -0.0887. The van der Waals surface area contributed by atoms with Crippen LogP contribution in [0.25, 0.3) is 22.1 Å². The maximum absolute atomic E-state index is 12.8. The summed E-state index contributed by atoms with van der Waals surface area (Å²) in [6, 6.07) is 12.9. The number of aromatic nitrogens is 6. The topological polar surface area (TPSA) is 125 Å². The van der Waals surface area contributed by atoms with Crippen molar-refractivity contribution in [2.75, 3.05) is 20.0 Å². The maximum Gasteiger partial charge on any atom is 0.294 e. The number of hydrogen-bond donors (Lipinski definition) is 2. The molecule has 0 saturated heterocycles. The van der Waals surface area contributed by atoms with E-state index in [9.17, 15) is 4.79 Å². The number of aromatic amines is 1. The Hall–Kier alpha value is -4.12. The highest BCUT2D eigenvalue weighted by molar-refractivity contribution is 7.99. The Labute approximate surface area is 198 Å². The summed E-state index contributed by atoms with van der Waals surface area (Å²) in [5.74, 6) is 1.76. The largest absolute Gasteiger partial charge is 0.497 e. The lowest BCUT2D eigenvalue weighted by Crippen LogP contribution is -2.39. The van der Waals surface area contributed by atoms with Gasteiger partial charge in [0.25, 0.3) is 11.2 Å². The van der Waals surface area contributed by atoms with Crippen molar-refractivity contribution in [2.45, 2.75) is 23.1 Å². The monoisotopic (exact) mass is 476 g/mol. The summed E-state index contributed by atoms with van der Waals surface area (Å²) in [6.45, 7) is 0.863. The summed E-state index contributed by atoms with van der Waals surface area (Å²) in [5, 5.41) is 1.21. The molecular weight excluding hydrogens is 454 g/mol. The molecule has 0 aliphatic rings. The number of nitrogens with two attached hydrogens (primary N) is 1. The molecule has 3 heterocycles. The van der Waals surface area contributed by atoms with Crippen molar-refractivity contribution < 1.29 is 14.0 Å². The molecule has 0 amide bonds. The fourth-order valence-electron chi connectivity index (χ4n) is 3.64. The minimum absolute atomic E-state index is 0.0887. The van der Waals surface area contributed by atoms with Gasteiger partial charge in [0.2, 0.25) is 17.3 Å². The van der Waals surface area contributed by atoms with Gasteiger partial charge in [0.1, 0.15) is 11.5 Å². The number of benzene rings is 2. The summed E-state index contributed by atoms with van der Waals surface area (Å²) < 4.78 is 14.2. The van der Waals surface area contributed by atoms with Crippen LogP contribution < -0.4 is 25.3 Å². The highest BCUT2D eigenvalue weighted by Crippen LogP contribution is 2.36. The van der Waals surface area contributed by atoms with Crippen molar-refractivity contribution in [3.8, 4) is 11.5 Å². The molecular formula is C23H22N7O3S+. The Bertz CT molecular complexity index is 1560. The Kier molecular flexibility index (Phi) is 5.76. The van der Waals surface area contributed by atoms with E-state index in [4.69, 9.17) is 20.2 Å². The first kappa shape index (κ1) is 21.7. The molecule has 10 nitrogen and oxygen atoms in total. The van der Waals surface area contributed by atoms with Gasteiger partial charge in [-0.15, -0.1) is 0 Å². The standard InChI is InChI=1S/C23H21N7O3S/c1-32-14-7-8-17(33-2)18(11-14)34-23-27-19-20(24)26-13-29(21(19)28-23)9-10-30-12-25-16-6-4-3-5-15(16)22(30)31/h3-8,11-13H,9-10H2,1-2H3,(H2,24,27,28)/p+1. The zero-order valence-corrected chi connectivity index (χ0v) is 19.4. The Morgan fingerprint density at radius 2 is 2.00 bits per heavy atom. The van der Waals surface area contributed by atoms with Crippen molar-refractivity contribution in [2.24, 2.45) is 0 Å². The first-order valence-corrected chi connectivity index (χ1v) is 11.3. The second-order valence-corrected chi connectivity index (χ2v) is 8.47. The molecule has 0 radical (unpaired) electrons. The molecule has 0 unspecified atom stereocenters. The fourth-order valence-corrected chi connectivity index (χ4v) is 4.56. The second-order valence-electron chi connectivity index (χ2n) is 7.44. The molecule has 0 fully saturated rings. The van der Waals surface area contributed by atoms with Crippen molar-refractivity contribution in [3.63, 3.8) is 0 Å². The first-order valence-electron chi connectivity index (χ1n) is 10.4. The number of rotatable bonds is 7. The molecule has 3 N–H and O–H groups in total. The number of anilines is 1. The van der Waals surface area contributed by atoms with Crippen molar-refractivity contribution in [1.82, 2.24) is 24.5 Å². The van der Waals surface area contributed by atoms with Gasteiger partial charge in [-0.1, -0.05) is 22.1 Å². The highest BCUT2D eigenvalue weighted by atomic mass is 32.2. The summed E-state index contributed by atoms with van der Waals surface area (Å²) in [5.41, 5.74) is 7.96. The first-order chi connectivity index (χ1) is 16.6. The number of para-hydroxylation sites is 1. The minimum Gasteiger partial charge on any atom is -0.497 e. The van der Waals surface area contributed by atoms with E-state index in [1.165, 1.54) is 11.8 Å². The van der Waals surface area contributed by atoms with Crippen molar-refractivity contribution in [1.29, 1.82) is 0 Å². The number of imidazole rings is 1. The van der Waals surface area contributed by atoms with Crippen LogP contribution in [0.1, 0.15) is 0 Å². The van der Waals surface area contributed by atoms with E-state index in [-0.39, 0.29) is 5.56 Å². The van der Waals surface area contributed by atoms with E-state index in [2.05, 4.69) is 15.0 Å². The maximum atomic E-state index is 12.8. The molecule has 11 heteroatoms. The molecule has 5 aromatic rings. The highest BCUT2D eigenvalue weighted by Gasteiger charge is 2.20. The summed E-state index contributed by atoms with van der Waals surface area (Å²) in [7, 11) is 3.23. The molecule has 3 aromatic heterocycles. The Morgan fingerprint density at radius 3 is 2.82 bits per heavy atom. The van der Waals surface area contributed by atoms with Gasteiger partial charge < -0.3 is 20.2 Å². The van der Waals surface area contributed by atoms with E-state index >= 15 is 0 Å². The van der Waals surface area contributed by atoms with E-state index in [1.807, 2.05) is 41.0 Å². The van der Waals surface area contributed by atoms with Gasteiger partial charge in [0.15, 0.2) is 5.52 Å². The molecule has 0 aliphatic heterocycles. The normalized spacial score (nSPS) is 11.2. The fraction of sp³-hybridized carbons (Fsp3) is 0.174.